The van der Waals surface area contributed by atoms with E-state index in [1.165, 1.54) is 6.04 Å². The van der Waals surface area contributed by atoms with Gasteiger partial charge in [0, 0.05) is 39.9 Å². The fourth-order valence-corrected chi connectivity index (χ4v) is 3.34. The molecule has 6 nitrogen and oxygen atoms in total. The van der Waals surface area contributed by atoms with Crippen LogP contribution < -0.4 is 10.1 Å². The molecular weight excluding hydrogens is 322 g/mol. The summed E-state index contributed by atoms with van der Waals surface area (Å²) < 4.78 is 19.0. The molecule has 1 aliphatic heterocycles. The molecule has 3 rings (SSSR count). The van der Waals surface area contributed by atoms with Gasteiger partial charge in [0.05, 0.1) is 5.69 Å². The number of fused-ring (bicyclic) bond motifs is 2. The second kappa shape index (κ2) is 7.12. The topological polar surface area (TPSA) is 57.5 Å². The van der Waals surface area contributed by atoms with Gasteiger partial charge in [-0.1, -0.05) is 19.6 Å². The lowest BCUT2D eigenvalue weighted by atomic mass is 10.3. The molecule has 0 spiro atoms. The summed E-state index contributed by atoms with van der Waals surface area (Å²) in [6, 6.07) is 5.31. The van der Waals surface area contributed by atoms with Crippen LogP contribution in [-0.4, -0.2) is 50.6 Å². The van der Waals surface area contributed by atoms with E-state index in [4.69, 9.17) is 14.2 Å². The first-order valence-corrected chi connectivity index (χ1v) is 12.1. The van der Waals surface area contributed by atoms with E-state index >= 15 is 0 Å². The molecule has 0 fully saturated rings. The highest BCUT2D eigenvalue weighted by atomic mass is 28.3. The van der Waals surface area contributed by atoms with Crippen molar-refractivity contribution in [2.45, 2.75) is 38.5 Å². The molecule has 1 atom stereocenters. The number of anilines is 1. The average Bonchev–Trinajstić information content (AvgIpc) is 2.80. The number of pyridine rings is 1. The molecule has 0 aromatic carbocycles. The average molecular weight is 350 g/mol. The summed E-state index contributed by atoms with van der Waals surface area (Å²) >= 11 is 0. The van der Waals surface area contributed by atoms with Crippen LogP contribution in [-0.2, 0) is 16.2 Å². The lowest BCUT2D eigenvalue weighted by molar-refractivity contribution is 0.0694. The smallest absolute Gasteiger partial charge is 0.239 e. The van der Waals surface area contributed by atoms with Crippen molar-refractivity contribution < 1.29 is 14.2 Å². The van der Waals surface area contributed by atoms with Crippen LogP contribution in [0.25, 0.3) is 11.0 Å². The van der Waals surface area contributed by atoms with Crippen LogP contribution in [0.1, 0.15) is 0 Å². The lowest BCUT2D eigenvalue weighted by Crippen LogP contribution is -2.25. The van der Waals surface area contributed by atoms with Gasteiger partial charge in [-0.05, 0) is 18.2 Å². The molecule has 0 radical (unpaired) electrons. The number of ether oxygens (including phenoxy) is 3. The number of aromatic nitrogens is 2. The Labute approximate surface area is 144 Å². The Bertz CT molecular complexity index is 696. The Morgan fingerprint density at radius 2 is 2.25 bits per heavy atom. The molecule has 1 aliphatic rings. The molecule has 0 amide bonds. The van der Waals surface area contributed by atoms with Gasteiger partial charge in [0.1, 0.15) is 25.1 Å². The number of nitrogens with one attached hydrogen (secondary N) is 1. The highest BCUT2D eigenvalue weighted by Crippen LogP contribution is 2.29. The lowest BCUT2D eigenvalue weighted by Gasteiger charge is -2.15. The van der Waals surface area contributed by atoms with Crippen molar-refractivity contribution in [3.8, 4) is 5.88 Å². The predicted octanol–water partition coefficient (Wildman–Crippen LogP) is 3.17. The molecular formula is C17H27N3O3Si. The molecule has 0 saturated heterocycles. The van der Waals surface area contributed by atoms with E-state index in [9.17, 15) is 0 Å². The summed E-state index contributed by atoms with van der Waals surface area (Å²) in [4.78, 5) is 4.68. The predicted molar refractivity (Wildman–Crippen MR) is 98.6 cm³/mol. The standard InChI is InChI=1S/C17H27N3O3Si/c1-21-14-10-18-15-9-13-5-6-20(12-22-7-8-24(2,3)4)16(13)19-17(15)23-11-14/h5-6,9,14,18H,7-8,10-12H2,1-4H3. The Hall–Kier alpha value is -1.57. The molecule has 0 aliphatic carbocycles. The molecule has 3 heterocycles. The molecule has 0 saturated carbocycles. The highest BCUT2D eigenvalue weighted by Gasteiger charge is 2.19. The van der Waals surface area contributed by atoms with Gasteiger partial charge in [-0.3, -0.25) is 0 Å². The van der Waals surface area contributed by atoms with E-state index in [-0.39, 0.29) is 6.10 Å². The third-order valence-electron chi connectivity index (χ3n) is 4.19. The van der Waals surface area contributed by atoms with Gasteiger partial charge in [0.25, 0.3) is 0 Å². The van der Waals surface area contributed by atoms with Crippen molar-refractivity contribution in [3.63, 3.8) is 0 Å². The number of methoxy groups -OCH3 is 1. The molecule has 1 unspecified atom stereocenters. The monoisotopic (exact) mass is 349 g/mol. The Kier molecular flexibility index (Phi) is 5.12. The normalized spacial score (nSPS) is 17.9. The summed E-state index contributed by atoms with van der Waals surface area (Å²) in [6.07, 6.45) is 2.05. The first kappa shape index (κ1) is 17.3. The van der Waals surface area contributed by atoms with E-state index in [1.54, 1.807) is 7.11 Å². The minimum atomic E-state index is -1.06. The summed E-state index contributed by atoms with van der Waals surface area (Å²) in [5.74, 6) is 0.629. The number of hydrogen-bond donors (Lipinski definition) is 1. The van der Waals surface area contributed by atoms with E-state index in [1.807, 2.05) is 10.8 Å². The number of nitrogens with zero attached hydrogens (tertiary/aromatic N) is 2. The van der Waals surface area contributed by atoms with Crippen LogP contribution in [0, 0.1) is 0 Å². The summed E-state index contributed by atoms with van der Waals surface area (Å²) in [6.45, 7) is 9.61. The summed E-state index contributed by atoms with van der Waals surface area (Å²) in [5, 5.41) is 4.43. The highest BCUT2D eigenvalue weighted by molar-refractivity contribution is 6.76. The largest absolute Gasteiger partial charge is 0.473 e. The van der Waals surface area contributed by atoms with E-state index in [0.717, 1.165) is 29.9 Å². The minimum absolute atomic E-state index is 0.0329. The third kappa shape index (κ3) is 4.09. The molecule has 132 valence electrons. The molecule has 0 bridgehead atoms. The van der Waals surface area contributed by atoms with Crippen molar-refractivity contribution >= 4 is 24.8 Å². The number of hydrogen-bond acceptors (Lipinski definition) is 5. The van der Waals surface area contributed by atoms with E-state index in [0.29, 0.717) is 19.2 Å². The van der Waals surface area contributed by atoms with Gasteiger partial charge in [-0.15, -0.1) is 0 Å². The van der Waals surface area contributed by atoms with Gasteiger partial charge < -0.3 is 24.1 Å². The van der Waals surface area contributed by atoms with E-state index < -0.39 is 8.07 Å². The van der Waals surface area contributed by atoms with Gasteiger partial charge in [-0.2, -0.15) is 4.98 Å². The van der Waals surface area contributed by atoms with Crippen molar-refractivity contribution in [2.24, 2.45) is 0 Å². The second-order valence-electron chi connectivity index (χ2n) is 7.44. The Balaban J connectivity index is 1.72. The Morgan fingerprint density at radius 3 is 3.00 bits per heavy atom. The van der Waals surface area contributed by atoms with Gasteiger partial charge in [0.2, 0.25) is 5.88 Å². The fourth-order valence-electron chi connectivity index (χ4n) is 2.58. The summed E-state index contributed by atoms with van der Waals surface area (Å²) in [7, 11) is 0.637. The van der Waals surface area contributed by atoms with Crippen molar-refractivity contribution in [1.82, 2.24) is 9.55 Å². The van der Waals surface area contributed by atoms with Crippen molar-refractivity contribution in [3.05, 3.63) is 18.3 Å². The maximum absolute atomic E-state index is 5.85. The van der Waals surface area contributed by atoms with Crippen LogP contribution >= 0.6 is 0 Å². The zero-order chi connectivity index (χ0) is 17.2. The first-order valence-electron chi connectivity index (χ1n) is 8.43. The van der Waals surface area contributed by atoms with Crippen molar-refractivity contribution in [1.29, 1.82) is 0 Å². The molecule has 1 N–H and O–H groups in total. The second-order valence-corrected chi connectivity index (χ2v) is 13.1. The molecule has 2 aromatic rings. The first-order chi connectivity index (χ1) is 11.5. The third-order valence-corrected chi connectivity index (χ3v) is 5.89. The van der Waals surface area contributed by atoms with Crippen LogP contribution in [0.4, 0.5) is 5.69 Å². The van der Waals surface area contributed by atoms with Crippen LogP contribution in [0.3, 0.4) is 0 Å². The van der Waals surface area contributed by atoms with Crippen LogP contribution in [0.15, 0.2) is 18.3 Å². The van der Waals surface area contributed by atoms with Crippen LogP contribution in [0.5, 0.6) is 5.88 Å². The summed E-state index contributed by atoms with van der Waals surface area (Å²) in [5.41, 5.74) is 1.80. The maximum atomic E-state index is 5.85. The number of rotatable bonds is 6. The maximum Gasteiger partial charge on any atom is 0.239 e. The van der Waals surface area contributed by atoms with Gasteiger partial charge in [-0.25, -0.2) is 0 Å². The molecule has 7 heteroatoms. The Morgan fingerprint density at radius 1 is 1.42 bits per heavy atom. The zero-order valence-electron chi connectivity index (χ0n) is 15.0. The van der Waals surface area contributed by atoms with Gasteiger partial charge in [0.15, 0.2) is 0 Å². The quantitative estimate of drug-likeness (QED) is 0.641. The zero-order valence-corrected chi connectivity index (χ0v) is 16.0. The van der Waals surface area contributed by atoms with Crippen molar-refractivity contribution in [2.75, 3.05) is 32.2 Å². The SMILES string of the molecule is COC1CNc2cc3ccn(COCC[Si](C)(C)C)c3nc2OC1. The molecule has 2 aromatic heterocycles. The minimum Gasteiger partial charge on any atom is -0.473 e. The van der Waals surface area contributed by atoms with Gasteiger partial charge >= 0.3 is 0 Å². The fraction of sp³-hybridized carbons (Fsp3) is 0.588. The molecule has 24 heavy (non-hydrogen) atoms. The van der Waals surface area contributed by atoms with E-state index in [2.05, 4.69) is 42.1 Å². The van der Waals surface area contributed by atoms with Crippen LogP contribution in [0.2, 0.25) is 25.7 Å².